The maximum atomic E-state index is 12.1. The SMILES string of the molecule is CC(C)C[C@@H](C(=O)O)N(C)/[N+]([O-])=N/OCN1C(=O)c2ccccc2C1=O. The van der Waals surface area contributed by atoms with Gasteiger partial charge in [-0.1, -0.05) is 26.0 Å². The third kappa shape index (κ3) is 3.90. The zero-order chi connectivity index (χ0) is 19.4. The summed E-state index contributed by atoms with van der Waals surface area (Å²) < 4.78 is 0. The number of aliphatic carboxylic acids is 1. The number of carbonyl (C=O) groups excluding carboxylic acids is 2. The van der Waals surface area contributed by atoms with Crippen LogP contribution >= 0.6 is 0 Å². The first-order valence-corrected chi connectivity index (χ1v) is 7.95. The highest BCUT2D eigenvalue weighted by Crippen LogP contribution is 2.22. The lowest BCUT2D eigenvalue weighted by Crippen LogP contribution is -2.43. The van der Waals surface area contributed by atoms with Gasteiger partial charge >= 0.3 is 5.97 Å². The summed E-state index contributed by atoms with van der Waals surface area (Å²) in [5.41, 5.74) is 0.500. The molecule has 1 N–H and O–H groups in total. The minimum Gasteiger partial charge on any atom is -0.569 e. The van der Waals surface area contributed by atoms with Crippen LogP contribution in [-0.2, 0) is 9.63 Å². The second-order valence-corrected chi connectivity index (χ2v) is 6.23. The minimum absolute atomic E-state index is 0.0146. The first-order chi connectivity index (χ1) is 12.2. The van der Waals surface area contributed by atoms with E-state index in [4.69, 9.17) is 4.84 Å². The third-order valence-corrected chi connectivity index (χ3v) is 3.89. The highest BCUT2D eigenvalue weighted by atomic mass is 16.7. The summed E-state index contributed by atoms with van der Waals surface area (Å²) in [6.07, 6.45) is 0.235. The number of imide groups is 1. The molecule has 0 saturated carbocycles. The number of likely N-dealkylation sites (N-methyl/N-ethyl adjacent to an activating group) is 1. The summed E-state index contributed by atoms with van der Waals surface area (Å²) in [5.74, 6) is -2.21. The number of rotatable bonds is 8. The fraction of sp³-hybridized carbons (Fsp3) is 0.438. The molecule has 1 aromatic carbocycles. The lowest BCUT2D eigenvalue weighted by Gasteiger charge is -2.21. The van der Waals surface area contributed by atoms with E-state index in [2.05, 4.69) is 5.28 Å². The van der Waals surface area contributed by atoms with Gasteiger partial charge < -0.3 is 15.2 Å². The second-order valence-electron chi connectivity index (χ2n) is 6.23. The van der Waals surface area contributed by atoms with Crippen molar-refractivity contribution in [2.75, 3.05) is 13.8 Å². The van der Waals surface area contributed by atoms with Crippen LogP contribution in [0.25, 0.3) is 0 Å². The Labute approximate surface area is 149 Å². The Bertz CT molecular complexity index is 713. The van der Waals surface area contributed by atoms with E-state index in [1.165, 1.54) is 19.2 Å². The van der Waals surface area contributed by atoms with Crippen LogP contribution in [0.1, 0.15) is 41.0 Å². The molecule has 0 saturated heterocycles. The van der Waals surface area contributed by atoms with Gasteiger partial charge in [0.1, 0.15) is 0 Å². The summed E-state index contributed by atoms with van der Waals surface area (Å²) in [7, 11) is 1.27. The number of hydrogen-bond donors (Lipinski definition) is 1. The Morgan fingerprint density at radius 2 is 1.85 bits per heavy atom. The first-order valence-electron chi connectivity index (χ1n) is 7.95. The molecule has 0 bridgehead atoms. The Kier molecular flexibility index (Phi) is 5.75. The average Bonchev–Trinajstić information content (AvgIpc) is 2.83. The van der Waals surface area contributed by atoms with E-state index in [0.717, 1.165) is 9.91 Å². The zero-order valence-corrected chi connectivity index (χ0v) is 14.7. The molecule has 2 rings (SSSR count). The smallest absolute Gasteiger partial charge is 0.332 e. The number of nitrogens with zero attached hydrogens (tertiary/aromatic N) is 4. The van der Waals surface area contributed by atoms with E-state index in [-0.39, 0.29) is 28.4 Å². The molecular formula is C16H20N4O6. The van der Waals surface area contributed by atoms with Crippen LogP contribution in [-0.4, -0.2) is 57.6 Å². The molecule has 2 amide bonds. The molecule has 0 spiro atoms. The molecule has 0 aromatic heterocycles. The van der Waals surface area contributed by atoms with Crippen LogP contribution < -0.4 is 0 Å². The predicted octanol–water partition coefficient (Wildman–Crippen LogP) is 1.48. The topological polar surface area (TPSA) is 126 Å². The van der Waals surface area contributed by atoms with Gasteiger partial charge in [0.05, 0.1) is 23.1 Å². The number of amides is 2. The van der Waals surface area contributed by atoms with Crippen molar-refractivity contribution in [1.29, 1.82) is 0 Å². The fourth-order valence-corrected chi connectivity index (χ4v) is 2.53. The van der Waals surface area contributed by atoms with Crippen molar-refractivity contribution in [2.45, 2.75) is 26.3 Å². The monoisotopic (exact) mass is 364 g/mol. The van der Waals surface area contributed by atoms with E-state index in [1.807, 2.05) is 13.8 Å². The number of fused-ring (bicyclic) bond motifs is 1. The Morgan fingerprint density at radius 1 is 1.31 bits per heavy atom. The van der Waals surface area contributed by atoms with Crippen LogP contribution in [0, 0.1) is 11.1 Å². The Hall–Kier alpha value is -3.17. The molecule has 0 aliphatic carbocycles. The zero-order valence-electron chi connectivity index (χ0n) is 14.7. The van der Waals surface area contributed by atoms with Crippen LogP contribution in [0.5, 0.6) is 0 Å². The molecule has 0 fully saturated rings. The summed E-state index contributed by atoms with van der Waals surface area (Å²) in [4.78, 5) is 41.2. The molecule has 140 valence electrons. The molecule has 0 unspecified atom stereocenters. The highest BCUT2D eigenvalue weighted by Gasteiger charge is 2.36. The molecule has 10 nitrogen and oxygen atoms in total. The van der Waals surface area contributed by atoms with E-state index in [0.29, 0.717) is 0 Å². The van der Waals surface area contributed by atoms with Crippen molar-refractivity contribution in [3.63, 3.8) is 0 Å². The lowest BCUT2D eigenvalue weighted by molar-refractivity contribution is -0.711. The van der Waals surface area contributed by atoms with Gasteiger partial charge in [0.25, 0.3) is 11.8 Å². The number of benzene rings is 1. The maximum absolute atomic E-state index is 12.1. The molecule has 1 aromatic rings. The van der Waals surface area contributed by atoms with E-state index < -0.39 is 30.6 Å². The number of hydrazine groups is 1. The molecule has 26 heavy (non-hydrogen) atoms. The molecular weight excluding hydrogens is 344 g/mol. The summed E-state index contributed by atoms with van der Waals surface area (Å²) >= 11 is 0. The summed E-state index contributed by atoms with van der Waals surface area (Å²) in [5, 5.41) is 25.2. The number of hydrogen-bond acceptors (Lipinski definition) is 6. The van der Waals surface area contributed by atoms with Gasteiger partial charge in [-0.2, -0.15) is 0 Å². The Balaban J connectivity index is 2.00. The van der Waals surface area contributed by atoms with Crippen molar-refractivity contribution in [1.82, 2.24) is 9.91 Å². The van der Waals surface area contributed by atoms with Gasteiger partial charge in [-0.15, -0.1) is 5.01 Å². The van der Waals surface area contributed by atoms with E-state index >= 15 is 0 Å². The van der Waals surface area contributed by atoms with E-state index in [1.54, 1.807) is 12.1 Å². The van der Waals surface area contributed by atoms with Crippen LogP contribution in [0.2, 0.25) is 0 Å². The van der Waals surface area contributed by atoms with Crippen molar-refractivity contribution < 1.29 is 29.3 Å². The van der Waals surface area contributed by atoms with Crippen LogP contribution in [0.15, 0.2) is 29.5 Å². The quantitative estimate of drug-likeness (QED) is 0.320. The van der Waals surface area contributed by atoms with Crippen LogP contribution in [0.4, 0.5) is 0 Å². The second kappa shape index (κ2) is 7.81. The molecule has 10 heteroatoms. The first kappa shape index (κ1) is 19.2. The Morgan fingerprint density at radius 3 is 2.31 bits per heavy atom. The molecule has 0 radical (unpaired) electrons. The summed E-state index contributed by atoms with van der Waals surface area (Å²) in [6, 6.07) is 5.22. The average molecular weight is 364 g/mol. The van der Waals surface area contributed by atoms with Crippen molar-refractivity contribution in [3.05, 3.63) is 40.6 Å². The van der Waals surface area contributed by atoms with Crippen molar-refractivity contribution in [2.24, 2.45) is 11.2 Å². The predicted molar refractivity (Wildman–Crippen MR) is 87.6 cm³/mol. The number of carbonyl (C=O) groups is 3. The number of carboxylic acids is 1. The van der Waals surface area contributed by atoms with E-state index in [9.17, 15) is 24.7 Å². The van der Waals surface area contributed by atoms with Gasteiger partial charge in [-0.25, -0.2) is 9.69 Å². The molecule has 1 atom stereocenters. The van der Waals surface area contributed by atoms with Gasteiger partial charge in [-0.3, -0.25) is 9.59 Å². The highest BCUT2D eigenvalue weighted by molar-refractivity contribution is 6.21. The fourth-order valence-electron chi connectivity index (χ4n) is 2.53. The van der Waals surface area contributed by atoms with Gasteiger partial charge in [0.2, 0.25) is 12.0 Å². The number of carboxylic acid groups (broad SMARTS) is 1. The lowest BCUT2D eigenvalue weighted by atomic mass is 10.0. The molecule has 1 heterocycles. The minimum atomic E-state index is -1.17. The normalized spacial score (nSPS) is 15.2. The third-order valence-electron chi connectivity index (χ3n) is 3.89. The van der Waals surface area contributed by atoms with Gasteiger partial charge in [0, 0.05) is 0 Å². The molecule has 1 aliphatic heterocycles. The van der Waals surface area contributed by atoms with Crippen molar-refractivity contribution >= 4 is 17.8 Å². The van der Waals surface area contributed by atoms with Crippen LogP contribution in [0.3, 0.4) is 0 Å². The standard InChI is InChI=1S/C16H20N4O6/c1-10(2)8-13(16(23)24)18(3)20(25)17-26-9-19-14(21)11-6-4-5-7-12(11)15(19)22/h4-7,10,13H,8-9H2,1-3H3,(H,23,24)/b20-17-/t13-/m0/s1. The largest absolute Gasteiger partial charge is 0.569 e. The van der Waals surface area contributed by atoms with Gasteiger partial charge in [0.15, 0.2) is 6.04 Å². The molecule has 1 aliphatic rings. The maximum Gasteiger partial charge on any atom is 0.332 e. The van der Waals surface area contributed by atoms with Gasteiger partial charge in [-0.05, 0) is 24.5 Å². The van der Waals surface area contributed by atoms with Crippen molar-refractivity contribution in [3.8, 4) is 0 Å². The summed E-state index contributed by atoms with van der Waals surface area (Å²) in [6.45, 7) is 3.10.